The van der Waals surface area contributed by atoms with E-state index in [-0.39, 0.29) is 24.2 Å². The van der Waals surface area contributed by atoms with Gasteiger partial charge in [-0.1, -0.05) is 17.3 Å². The number of urea groups is 1. The first-order chi connectivity index (χ1) is 14.5. The van der Waals surface area contributed by atoms with E-state index in [0.717, 1.165) is 5.56 Å². The summed E-state index contributed by atoms with van der Waals surface area (Å²) in [4.78, 5) is 41.0. The van der Waals surface area contributed by atoms with E-state index in [4.69, 9.17) is 10.6 Å². The molecule has 0 unspecified atom stereocenters. The molecule has 0 aliphatic heterocycles. The van der Waals surface area contributed by atoms with E-state index in [1.807, 2.05) is 0 Å². The van der Waals surface area contributed by atoms with E-state index >= 15 is 0 Å². The maximum absolute atomic E-state index is 12.1. The molecule has 0 bridgehead atoms. The van der Waals surface area contributed by atoms with Gasteiger partial charge in [0.2, 0.25) is 5.91 Å². The summed E-state index contributed by atoms with van der Waals surface area (Å²) < 4.78 is 41.8. The molecule has 0 fully saturated rings. The van der Waals surface area contributed by atoms with Gasteiger partial charge in [-0.25, -0.2) is 20.4 Å². The number of benzene rings is 1. The summed E-state index contributed by atoms with van der Waals surface area (Å²) in [5, 5.41) is 6.71. The Hall–Kier alpha value is -3.39. The average Bonchev–Trinajstić information content (AvgIpc) is 3.13. The second-order valence-electron chi connectivity index (χ2n) is 5.94. The zero-order valence-corrected chi connectivity index (χ0v) is 16.9. The van der Waals surface area contributed by atoms with E-state index in [0.29, 0.717) is 23.0 Å². The monoisotopic (exact) mass is 461 g/mol. The molecule has 4 N–H and O–H groups in total. The fourth-order valence-corrected chi connectivity index (χ4v) is 2.81. The number of carbonyl (C=O) groups excluding carboxylic acids is 3. The summed E-state index contributed by atoms with van der Waals surface area (Å²) in [6.45, 7) is 1.62. The number of thiazole rings is 1. The Morgan fingerprint density at radius 3 is 2.52 bits per heavy atom. The first kappa shape index (κ1) is 23.9. The van der Waals surface area contributed by atoms with Gasteiger partial charge in [-0.05, 0) is 24.1 Å². The highest BCUT2D eigenvalue weighted by molar-refractivity contribution is 7.13. The number of hydrazine groups is 1. The number of carbonyl (C=O) groups is 3. The fourth-order valence-electron chi connectivity index (χ4n) is 2.07. The second-order valence-corrected chi connectivity index (χ2v) is 6.80. The van der Waals surface area contributed by atoms with Crippen LogP contribution in [0.4, 0.5) is 23.1 Å². The quantitative estimate of drug-likeness (QED) is 0.326. The lowest BCUT2D eigenvalue weighted by atomic mass is 10.1. The second kappa shape index (κ2) is 10.6. The van der Waals surface area contributed by atoms with Crippen molar-refractivity contribution in [1.82, 2.24) is 15.5 Å². The molecule has 1 heterocycles. The number of anilines is 1. The Kier molecular flexibility index (Phi) is 8.15. The topological polar surface area (TPSA) is 136 Å². The molecule has 0 aliphatic rings. The first-order valence-electron chi connectivity index (χ1n) is 8.60. The number of hydrogen-bond acceptors (Lipinski definition) is 8. The molecule has 14 heteroatoms. The Bertz CT molecular complexity index is 920. The Morgan fingerprint density at radius 1 is 1.23 bits per heavy atom. The minimum absolute atomic E-state index is 0.0288. The van der Waals surface area contributed by atoms with Gasteiger partial charge in [-0.3, -0.25) is 4.79 Å². The van der Waals surface area contributed by atoms with Crippen molar-refractivity contribution in [1.29, 1.82) is 0 Å². The van der Waals surface area contributed by atoms with Crippen LogP contribution in [0.3, 0.4) is 0 Å². The molecule has 0 aliphatic carbocycles. The molecular weight excluding hydrogens is 443 g/mol. The summed E-state index contributed by atoms with van der Waals surface area (Å²) in [6, 6.07) is 5.64. The zero-order valence-electron chi connectivity index (χ0n) is 16.1. The van der Waals surface area contributed by atoms with E-state index in [1.165, 1.54) is 18.3 Å². The van der Waals surface area contributed by atoms with Gasteiger partial charge in [0.25, 0.3) is 0 Å². The van der Waals surface area contributed by atoms with Gasteiger partial charge in [0, 0.05) is 18.8 Å². The average molecular weight is 461 g/mol. The van der Waals surface area contributed by atoms with Gasteiger partial charge in [0.1, 0.15) is 12.4 Å². The van der Waals surface area contributed by atoms with Crippen LogP contribution in [0.2, 0.25) is 0 Å². The maximum Gasteiger partial charge on any atom is 0.493 e. The van der Waals surface area contributed by atoms with Gasteiger partial charge in [-0.2, -0.15) is 13.2 Å². The third-order valence-corrected chi connectivity index (χ3v) is 4.25. The maximum atomic E-state index is 12.1. The van der Waals surface area contributed by atoms with E-state index in [2.05, 4.69) is 20.5 Å². The Morgan fingerprint density at radius 2 is 1.90 bits per heavy atom. The number of alkyl halides is 3. The number of hydrogen-bond donors (Lipinski definition) is 3. The number of rotatable bonds is 7. The molecule has 3 amide bonds. The van der Waals surface area contributed by atoms with Crippen LogP contribution in [0.25, 0.3) is 0 Å². The number of ether oxygens (including phenoxy) is 1. The lowest BCUT2D eigenvalue weighted by Gasteiger charge is -2.16. The standard InChI is InChI=1S/C17H18F3N5O5S/c1-10(26)23-15-24-12(9-31-15)8-29-13-4-2-11(3-5-13)6-7-22-16(28)25(21)30-14(27)17(18,19)20/h2-5,9H,6-8,21H2,1H3,(H,22,28)(H,23,24,26). The van der Waals surface area contributed by atoms with E-state index < -0.39 is 18.2 Å². The summed E-state index contributed by atoms with van der Waals surface area (Å²) in [5.41, 5.74) is 1.45. The van der Waals surface area contributed by atoms with Crippen molar-refractivity contribution >= 4 is 34.4 Å². The van der Waals surface area contributed by atoms with E-state index in [1.54, 1.807) is 29.6 Å². The number of nitrogens with zero attached hydrogens (tertiary/aromatic N) is 2. The first-order valence-corrected chi connectivity index (χ1v) is 9.48. The molecule has 1 aromatic carbocycles. The predicted octanol–water partition coefficient (Wildman–Crippen LogP) is 2.13. The van der Waals surface area contributed by atoms with Crippen LogP contribution >= 0.6 is 11.3 Å². The van der Waals surface area contributed by atoms with Crippen molar-refractivity contribution in [2.75, 3.05) is 11.9 Å². The lowest BCUT2D eigenvalue weighted by molar-refractivity contribution is -0.228. The molecule has 2 rings (SSSR count). The highest BCUT2D eigenvalue weighted by Crippen LogP contribution is 2.19. The lowest BCUT2D eigenvalue weighted by Crippen LogP contribution is -2.48. The third kappa shape index (κ3) is 8.10. The van der Waals surface area contributed by atoms with Crippen molar-refractivity contribution in [3.05, 3.63) is 40.9 Å². The minimum atomic E-state index is -5.27. The minimum Gasteiger partial charge on any atom is -0.487 e. The molecular formula is C17H18F3N5O5S. The van der Waals surface area contributed by atoms with Crippen LogP contribution in [-0.4, -0.2) is 40.8 Å². The number of aromatic nitrogens is 1. The van der Waals surface area contributed by atoms with Crippen LogP contribution in [0, 0.1) is 0 Å². The van der Waals surface area contributed by atoms with E-state index in [9.17, 15) is 27.6 Å². The van der Waals surface area contributed by atoms with Crippen LogP contribution in [0.15, 0.2) is 29.6 Å². The SMILES string of the molecule is CC(=O)Nc1nc(COc2ccc(CCNC(=O)N(N)OC(=O)C(F)(F)F)cc2)cs1. The normalized spacial score (nSPS) is 10.9. The van der Waals surface area contributed by atoms with Crippen molar-refractivity contribution in [2.24, 2.45) is 5.84 Å². The van der Waals surface area contributed by atoms with Crippen molar-refractivity contribution in [3.63, 3.8) is 0 Å². The molecule has 2 aromatic rings. The molecule has 0 saturated heterocycles. The van der Waals surface area contributed by atoms with Gasteiger partial charge in [-0.15, -0.1) is 11.3 Å². The highest BCUT2D eigenvalue weighted by atomic mass is 32.1. The molecule has 168 valence electrons. The van der Waals surface area contributed by atoms with Gasteiger partial charge < -0.3 is 20.2 Å². The summed E-state index contributed by atoms with van der Waals surface area (Å²) >= 11 is 1.28. The molecule has 0 radical (unpaired) electrons. The van der Waals surface area contributed by atoms with Crippen LogP contribution in [0.1, 0.15) is 18.2 Å². The van der Waals surface area contributed by atoms with Gasteiger partial charge in [0.15, 0.2) is 5.13 Å². The largest absolute Gasteiger partial charge is 0.493 e. The van der Waals surface area contributed by atoms with Crippen molar-refractivity contribution in [3.8, 4) is 5.75 Å². The van der Waals surface area contributed by atoms with Gasteiger partial charge in [0.05, 0.1) is 5.69 Å². The number of nitrogens with one attached hydrogen (secondary N) is 2. The number of nitrogens with two attached hydrogens (primary N) is 1. The molecule has 0 spiro atoms. The molecule has 1 aromatic heterocycles. The Labute approximate surface area is 178 Å². The zero-order chi connectivity index (χ0) is 23.0. The van der Waals surface area contributed by atoms with Crippen molar-refractivity contribution < 1.29 is 37.1 Å². The fraction of sp³-hybridized carbons (Fsp3) is 0.294. The molecule has 0 saturated carbocycles. The summed E-state index contributed by atoms with van der Waals surface area (Å²) in [5.74, 6) is 2.70. The smallest absolute Gasteiger partial charge is 0.487 e. The summed E-state index contributed by atoms with van der Waals surface area (Å²) in [7, 11) is 0. The van der Waals surface area contributed by atoms with Crippen LogP contribution in [0.5, 0.6) is 5.75 Å². The van der Waals surface area contributed by atoms with Crippen LogP contribution in [-0.2, 0) is 27.5 Å². The number of amides is 3. The summed E-state index contributed by atoms with van der Waals surface area (Å²) in [6.07, 6.45) is -4.94. The molecule has 10 nitrogen and oxygen atoms in total. The predicted molar refractivity (Wildman–Crippen MR) is 102 cm³/mol. The molecule has 0 atom stereocenters. The third-order valence-electron chi connectivity index (χ3n) is 3.45. The Balaban J connectivity index is 1.73. The number of halogens is 3. The van der Waals surface area contributed by atoms with Gasteiger partial charge >= 0.3 is 18.2 Å². The van der Waals surface area contributed by atoms with Crippen LogP contribution < -0.4 is 21.2 Å². The van der Waals surface area contributed by atoms with Crippen molar-refractivity contribution in [2.45, 2.75) is 26.1 Å². The molecule has 31 heavy (non-hydrogen) atoms. The number of hydroxylamine groups is 1. The highest BCUT2D eigenvalue weighted by Gasteiger charge is 2.43.